The number of hydrogen-bond donors (Lipinski definition) is 1. The number of ether oxygens (including phenoxy) is 5. The van der Waals surface area contributed by atoms with Crippen LogP contribution in [0.5, 0.6) is 0 Å². The maximum atomic E-state index is 11.5. The van der Waals surface area contributed by atoms with Gasteiger partial charge >= 0.3 is 17.9 Å². The van der Waals surface area contributed by atoms with E-state index < -0.39 is 48.6 Å². The molecule has 0 spiro atoms. The molecule has 9 nitrogen and oxygen atoms in total. The lowest BCUT2D eigenvalue weighted by molar-refractivity contribution is -0.301. The highest BCUT2D eigenvalue weighted by molar-refractivity contribution is 5.67. The van der Waals surface area contributed by atoms with Crippen LogP contribution < -0.4 is 0 Å². The van der Waals surface area contributed by atoms with E-state index in [1.54, 1.807) is 0 Å². The van der Waals surface area contributed by atoms with Gasteiger partial charge in [-0.15, -0.1) is 0 Å². The molecular weight excluding hydrogens is 336 g/mol. The second-order valence-corrected chi connectivity index (χ2v) is 5.70. The molecule has 1 saturated heterocycles. The van der Waals surface area contributed by atoms with Crippen molar-refractivity contribution in [2.45, 2.75) is 71.2 Å². The summed E-state index contributed by atoms with van der Waals surface area (Å²) in [7, 11) is 0. The zero-order valence-corrected chi connectivity index (χ0v) is 14.9. The largest absolute Gasteiger partial charge is 0.463 e. The number of aliphatic hydroxyl groups is 1. The van der Waals surface area contributed by atoms with E-state index in [2.05, 4.69) is 0 Å². The van der Waals surface area contributed by atoms with Gasteiger partial charge in [-0.25, -0.2) is 0 Å². The number of carbonyl (C=O) groups is 3. The predicted octanol–water partition coefficient (Wildman–Crippen LogP) is 0.315. The van der Waals surface area contributed by atoms with Crippen molar-refractivity contribution in [1.82, 2.24) is 0 Å². The molecule has 1 N–H and O–H groups in total. The molecule has 25 heavy (non-hydrogen) atoms. The Morgan fingerprint density at radius 1 is 0.960 bits per heavy atom. The Labute approximate surface area is 146 Å². The Morgan fingerprint density at radius 2 is 1.56 bits per heavy atom. The summed E-state index contributed by atoms with van der Waals surface area (Å²) in [5, 5.41) is 10.2. The lowest BCUT2D eigenvalue weighted by atomic mass is 9.98. The van der Waals surface area contributed by atoms with Gasteiger partial charge in [0.25, 0.3) is 0 Å². The third kappa shape index (κ3) is 6.97. The molecule has 144 valence electrons. The van der Waals surface area contributed by atoms with E-state index >= 15 is 0 Å². The fourth-order valence-electron chi connectivity index (χ4n) is 2.43. The highest BCUT2D eigenvalue weighted by atomic mass is 16.7. The SMILES string of the molecule is CCCCO[C@@H]1C(O)O[C@@H](COC(C)=O)[C@@H](OC(C)=O)[C@@H]1OC(C)=O. The van der Waals surface area contributed by atoms with E-state index in [1.807, 2.05) is 6.92 Å². The normalized spacial score (nSPS) is 28.9. The molecule has 1 aliphatic rings. The molecule has 0 amide bonds. The minimum atomic E-state index is -1.44. The van der Waals surface area contributed by atoms with Gasteiger partial charge in [0.15, 0.2) is 18.5 Å². The first-order valence-electron chi connectivity index (χ1n) is 8.19. The van der Waals surface area contributed by atoms with E-state index in [1.165, 1.54) is 20.8 Å². The van der Waals surface area contributed by atoms with Crippen LogP contribution in [0.15, 0.2) is 0 Å². The van der Waals surface area contributed by atoms with Crippen LogP contribution in [0.25, 0.3) is 0 Å². The van der Waals surface area contributed by atoms with E-state index in [4.69, 9.17) is 23.7 Å². The molecular formula is C16H26O9. The fraction of sp³-hybridized carbons (Fsp3) is 0.812. The van der Waals surface area contributed by atoms with Crippen molar-refractivity contribution in [3.05, 3.63) is 0 Å². The first-order chi connectivity index (χ1) is 11.8. The van der Waals surface area contributed by atoms with Crippen LogP contribution in [-0.4, -0.2) is 66.9 Å². The quantitative estimate of drug-likeness (QED) is 0.370. The average Bonchev–Trinajstić information content (AvgIpc) is 2.50. The van der Waals surface area contributed by atoms with Crippen LogP contribution in [0.4, 0.5) is 0 Å². The van der Waals surface area contributed by atoms with Gasteiger partial charge in [0.1, 0.15) is 18.8 Å². The van der Waals surface area contributed by atoms with Crippen LogP contribution in [0.3, 0.4) is 0 Å². The van der Waals surface area contributed by atoms with Crippen LogP contribution in [0.1, 0.15) is 40.5 Å². The monoisotopic (exact) mass is 362 g/mol. The molecule has 0 aromatic carbocycles. The molecule has 5 atom stereocenters. The molecule has 9 heteroatoms. The van der Waals surface area contributed by atoms with Crippen molar-refractivity contribution in [2.75, 3.05) is 13.2 Å². The van der Waals surface area contributed by atoms with Crippen molar-refractivity contribution in [3.63, 3.8) is 0 Å². The van der Waals surface area contributed by atoms with Crippen LogP contribution >= 0.6 is 0 Å². The minimum Gasteiger partial charge on any atom is -0.463 e. The van der Waals surface area contributed by atoms with Gasteiger partial charge in [-0.2, -0.15) is 0 Å². The van der Waals surface area contributed by atoms with E-state index in [0.717, 1.165) is 12.8 Å². The van der Waals surface area contributed by atoms with Gasteiger partial charge in [-0.05, 0) is 6.42 Å². The van der Waals surface area contributed by atoms with Crippen molar-refractivity contribution in [3.8, 4) is 0 Å². The zero-order valence-electron chi connectivity index (χ0n) is 14.9. The minimum absolute atomic E-state index is 0.274. The lowest BCUT2D eigenvalue weighted by Crippen LogP contribution is -2.62. The molecule has 0 aromatic rings. The van der Waals surface area contributed by atoms with Gasteiger partial charge in [0.05, 0.1) is 0 Å². The number of carbonyl (C=O) groups excluding carboxylic acids is 3. The maximum absolute atomic E-state index is 11.5. The number of aliphatic hydroxyl groups excluding tert-OH is 1. The summed E-state index contributed by atoms with van der Waals surface area (Å²) in [6.07, 6.45) is -4.06. The van der Waals surface area contributed by atoms with E-state index in [-0.39, 0.29) is 6.61 Å². The number of unbranched alkanes of at least 4 members (excludes halogenated alkanes) is 1. The summed E-state index contributed by atoms with van der Waals surface area (Å²) in [5.74, 6) is -1.83. The third-order valence-corrected chi connectivity index (χ3v) is 3.47. The Balaban J connectivity index is 3.01. The Morgan fingerprint density at radius 3 is 2.08 bits per heavy atom. The van der Waals surface area contributed by atoms with E-state index in [9.17, 15) is 19.5 Å². The highest BCUT2D eigenvalue weighted by Gasteiger charge is 2.50. The summed E-state index contributed by atoms with van der Waals surface area (Å²) in [4.78, 5) is 34.0. The van der Waals surface area contributed by atoms with Gasteiger partial charge in [-0.1, -0.05) is 13.3 Å². The average molecular weight is 362 g/mol. The predicted molar refractivity (Wildman–Crippen MR) is 83.3 cm³/mol. The molecule has 1 unspecified atom stereocenters. The van der Waals surface area contributed by atoms with Crippen LogP contribution in [0, 0.1) is 0 Å². The second kappa shape index (κ2) is 10.3. The summed E-state index contributed by atoms with van der Waals surface area (Å²) in [5.41, 5.74) is 0. The number of rotatable bonds is 8. The Bertz CT molecular complexity index is 465. The van der Waals surface area contributed by atoms with Gasteiger partial charge in [0.2, 0.25) is 0 Å². The molecule has 1 fully saturated rings. The number of hydrogen-bond acceptors (Lipinski definition) is 9. The first-order valence-corrected chi connectivity index (χ1v) is 8.19. The molecule has 0 saturated carbocycles. The standard InChI is InChI=1S/C16H26O9/c1-5-6-7-21-15-14(24-11(4)19)13(23-10(3)18)12(25-16(15)20)8-22-9(2)17/h12-16,20H,5-8H2,1-4H3/t12-,13+,14-,15-,16?/m0/s1. The smallest absolute Gasteiger partial charge is 0.303 e. The second-order valence-electron chi connectivity index (χ2n) is 5.70. The van der Waals surface area contributed by atoms with Gasteiger partial charge in [0, 0.05) is 27.4 Å². The van der Waals surface area contributed by atoms with Crippen molar-refractivity contribution in [1.29, 1.82) is 0 Å². The molecule has 1 aliphatic heterocycles. The topological polar surface area (TPSA) is 118 Å². The Hall–Kier alpha value is -1.71. The summed E-state index contributed by atoms with van der Waals surface area (Å²) >= 11 is 0. The van der Waals surface area contributed by atoms with Crippen molar-refractivity contribution < 1.29 is 43.2 Å². The molecule has 1 rings (SSSR count). The van der Waals surface area contributed by atoms with Gasteiger partial charge < -0.3 is 28.8 Å². The summed E-state index contributed by atoms with van der Waals surface area (Å²) in [6, 6.07) is 0. The zero-order chi connectivity index (χ0) is 19.0. The number of esters is 3. The molecule has 0 aromatic heterocycles. The van der Waals surface area contributed by atoms with Crippen molar-refractivity contribution >= 4 is 17.9 Å². The fourth-order valence-corrected chi connectivity index (χ4v) is 2.43. The highest BCUT2D eigenvalue weighted by Crippen LogP contribution is 2.28. The van der Waals surface area contributed by atoms with Crippen LogP contribution in [-0.2, 0) is 38.1 Å². The maximum Gasteiger partial charge on any atom is 0.303 e. The molecule has 0 bridgehead atoms. The van der Waals surface area contributed by atoms with E-state index in [0.29, 0.717) is 6.61 Å². The van der Waals surface area contributed by atoms with Crippen LogP contribution in [0.2, 0.25) is 0 Å². The third-order valence-electron chi connectivity index (χ3n) is 3.47. The summed E-state index contributed by atoms with van der Waals surface area (Å²) in [6.45, 7) is 5.59. The molecule has 0 radical (unpaired) electrons. The molecule has 1 heterocycles. The van der Waals surface area contributed by atoms with Crippen molar-refractivity contribution in [2.24, 2.45) is 0 Å². The first kappa shape index (κ1) is 21.3. The summed E-state index contributed by atoms with van der Waals surface area (Å²) < 4.78 is 26.3. The van der Waals surface area contributed by atoms with Gasteiger partial charge in [-0.3, -0.25) is 14.4 Å². The Kier molecular flexibility index (Phi) is 8.81. The molecule has 0 aliphatic carbocycles. The lowest BCUT2D eigenvalue weighted by Gasteiger charge is -2.43.